The van der Waals surface area contributed by atoms with Crippen molar-refractivity contribution in [3.8, 4) is 16.9 Å². The number of carbonyl (C=O) groups excluding carboxylic acids is 2. The predicted octanol–water partition coefficient (Wildman–Crippen LogP) is 5.78. The maximum absolute atomic E-state index is 14.1. The number of hydrogen-bond donors (Lipinski definition) is 1. The van der Waals surface area contributed by atoms with E-state index in [0.29, 0.717) is 33.7 Å². The molecule has 0 aliphatic rings. The van der Waals surface area contributed by atoms with E-state index in [-0.39, 0.29) is 25.2 Å². The molecule has 2 aromatic heterocycles. The molecule has 1 amide bonds. The van der Waals surface area contributed by atoms with Gasteiger partial charge in [0.15, 0.2) is 5.78 Å². The molecular formula is C32H28F2N4O3. The van der Waals surface area contributed by atoms with E-state index in [1.54, 1.807) is 42.3 Å². The molecule has 41 heavy (non-hydrogen) atoms. The fourth-order valence-electron chi connectivity index (χ4n) is 5.18. The number of primary amides is 1. The standard InChI is InChI=1S/C32H28F2N4O3/c1-19-28-9-8-27(41-2)17-30(28)38(37-19)18-26(39)15-23(11-20-12-24(33)16-25(34)13-20)31-29(7-4-10-36-31)21-5-3-6-22(14-21)32(35)40/h3-10,12-14,16-17,23H,11,15,18H2,1-2H3,(H2,35,40)/t23-/m1/s1. The van der Waals surface area contributed by atoms with Crippen molar-refractivity contribution in [3.05, 3.63) is 113 Å². The van der Waals surface area contributed by atoms with Crippen LogP contribution in [-0.4, -0.2) is 33.6 Å². The van der Waals surface area contributed by atoms with Crippen LogP contribution in [-0.2, 0) is 17.8 Å². The molecule has 0 aliphatic heterocycles. The first kappa shape index (κ1) is 27.6. The average Bonchev–Trinajstić information content (AvgIpc) is 3.26. The summed E-state index contributed by atoms with van der Waals surface area (Å²) in [6.07, 6.45) is 1.80. The summed E-state index contributed by atoms with van der Waals surface area (Å²) >= 11 is 0. The molecule has 2 heterocycles. The lowest BCUT2D eigenvalue weighted by Crippen LogP contribution is -2.18. The number of pyridine rings is 1. The highest BCUT2D eigenvalue weighted by atomic mass is 19.1. The van der Waals surface area contributed by atoms with Gasteiger partial charge < -0.3 is 10.5 Å². The predicted molar refractivity (Wildman–Crippen MR) is 152 cm³/mol. The van der Waals surface area contributed by atoms with E-state index < -0.39 is 23.5 Å². The highest BCUT2D eigenvalue weighted by Gasteiger charge is 2.24. The molecule has 5 rings (SSSR count). The van der Waals surface area contributed by atoms with Gasteiger partial charge in [-0.2, -0.15) is 5.10 Å². The molecule has 0 radical (unpaired) electrons. The van der Waals surface area contributed by atoms with Crippen molar-refractivity contribution in [2.45, 2.75) is 32.2 Å². The number of amides is 1. The van der Waals surface area contributed by atoms with Gasteiger partial charge in [0.25, 0.3) is 0 Å². The van der Waals surface area contributed by atoms with E-state index in [4.69, 9.17) is 10.5 Å². The lowest BCUT2D eigenvalue weighted by Gasteiger charge is -2.20. The zero-order chi connectivity index (χ0) is 29.1. The fourth-order valence-corrected chi connectivity index (χ4v) is 5.18. The molecule has 7 nitrogen and oxygen atoms in total. The molecule has 5 aromatic rings. The third-order valence-corrected chi connectivity index (χ3v) is 7.03. The van der Waals surface area contributed by atoms with Crippen molar-refractivity contribution in [1.82, 2.24) is 14.8 Å². The molecule has 3 aromatic carbocycles. The molecule has 0 fully saturated rings. The van der Waals surface area contributed by atoms with Crippen molar-refractivity contribution >= 4 is 22.6 Å². The number of benzene rings is 3. The summed E-state index contributed by atoms with van der Waals surface area (Å²) in [5, 5.41) is 5.47. The summed E-state index contributed by atoms with van der Waals surface area (Å²) in [4.78, 5) is 30.0. The van der Waals surface area contributed by atoms with Crippen molar-refractivity contribution < 1.29 is 23.1 Å². The highest BCUT2D eigenvalue weighted by Crippen LogP contribution is 2.33. The van der Waals surface area contributed by atoms with Gasteiger partial charge in [0, 0.05) is 47.2 Å². The van der Waals surface area contributed by atoms with Crippen LogP contribution in [0.3, 0.4) is 0 Å². The molecule has 2 N–H and O–H groups in total. The zero-order valence-corrected chi connectivity index (χ0v) is 22.6. The maximum atomic E-state index is 14.1. The Morgan fingerprint density at radius 1 is 1.00 bits per heavy atom. The number of halogens is 2. The summed E-state index contributed by atoms with van der Waals surface area (Å²) in [5.74, 6) is -2.00. The van der Waals surface area contributed by atoms with Crippen molar-refractivity contribution in [1.29, 1.82) is 0 Å². The quantitative estimate of drug-likeness (QED) is 0.236. The van der Waals surface area contributed by atoms with Crippen LogP contribution in [0.4, 0.5) is 8.78 Å². The number of Topliss-reactive ketones (excluding diaryl/α,β-unsaturated/α-hetero) is 1. The molecule has 0 spiro atoms. The van der Waals surface area contributed by atoms with Gasteiger partial charge in [-0.25, -0.2) is 8.78 Å². The largest absolute Gasteiger partial charge is 0.497 e. The third kappa shape index (κ3) is 6.14. The summed E-state index contributed by atoms with van der Waals surface area (Å²) in [6.45, 7) is 1.86. The third-order valence-electron chi connectivity index (χ3n) is 7.03. The number of fused-ring (bicyclic) bond motifs is 1. The van der Waals surface area contributed by atoms with Crippen LogP contribution in [0.15, 0.2) is 79.0 Å². The number of carbonyl (C=O) groups is 2. The van der Waals surface area contributed by atoms with Gasteiger partial charge >= 0.3 is 0 Å². The Morgan fingerprint density at radius 3 is 2.51 bits per heavy atom. The smallest absolute Gasteiger partial charge is 0.248 e. The van der Waals surface area contributed by atoms with E-state index >= 15 is 0 Å². The van der Waals surface area contributed by atoms with Crippen LogP contribution in [0.25, 0.3) is 22.0 Å². The van der Waals surface area contributed by atoms with Crippen LogP contribution in [0.1, 0.15) is 39.6 Å². The van der Waals surface area contributed by atoms with Crippen LogP contribution >= 0.6 is 0 Å². The number of ketones is 1. The minimum Gasteiger partial charge on any atom is -0.497 e. The highest BCUT2D eigenvalue weighted by molar-refractivity contribution is 5.94. The fraction of sp³-hybridized carbons (Fsp3) is 0.188. The minimum atomic E-state index is -0.701. The zero-order valence-electron chi connectivity index (χ0n) is 22.6. The number of nitrogens with zero attached hydrogens (tertiary/aromatic N) is 3. The van der Waals surface area contributed by atoms with Crippen LogP contribution in [0, 0.1) is 18.6 Å². The van der Waals surface area contributed by atoms with E-state index in [1.165, 1.54) is 12.1 Å². The second-order valence-electron chi connectivity index (χ2n) is 9.93. The Morgan fingerprint density at radius 2 is 1.78 bits per heavy atom. The SMILES string of the molecule is COc1ccc2c(C)nn(CC(=O)C[C@@H](Cc3cc(F)cc(F)c3)c3ncccc3-c3cccc(C(N)=O)c3)c2c1. The molecule has 0 saturated carbocycles. The minimum absolute atomic E-state index is 0.00908. The van der Waals surface area contributed by atoms with Crippen molar-refractivity contribution in [3.63, 3.8) is 0 Å². The Balaban J connectivity index is 1.52. The number of methoxy groups -OCH3 is 1. The van der Waals surface area contributed by atoms with E-state index in [0.717, 1.165) is 22.7 Å². The molecule has 0 unspecified atom stereocenters. The molecule has 0 aliphatic carbocycles. The normalized spacial score (nSPS) is 11.9. The number of hydrogen-bond acceptors (Lipinski definition) is 5. The van der Waals surface area contributed by atoms with Crippen LogP contribution in [0.2, 0.25) is 0 Å². The van der Waals surface area contributed by atoms with Crippen molar-refractivity contribution in [2.24, 2.45) is 5.73 Å². The molecular weight excluding hydrogens is 526 g/mol. The summed E-state index contributed by atoms with van der Waals surface area (Å²) < 4.78 is 35.2. The number of aryl methyl sites for hydroxylation is 1. The summed E-state index contributed by atoms with van der Waals surface area (Å²) in [5.41, 5.74) is 9.71. The van der Waals surface area contributed by atoms with E-state index in [9.17, 15) is 18.4 Å². The Bertz CT molecular complexity index is 1750. The first-order valence-corrected chi connectivity index (χ1v) is 13.0. The first-order chi connectivity index (χ1) is 19.7. The topological polar surface area (TPSA) is 100 Å². The van der Waals surface area contributed by atoms with E-state index in [1.807, 2.05) is 37.3 Å². The van der Waals surface area contributed by atoms with Crippen LogP contribution < -0.4 is 10.5 Å². The average molecular weight is 555 g/mol. The Hall–Kier alpha value is -4.92. The summed E-state index contributed by atoms with van der Waals surface area (Å²) in [7, 11) is 1.57. The molecule has 9 heteroatoms. The molecule has 0 saturated heterocycles. The molecule has 1 atom stereocenters. The monoisotopic (exact) mass is 554 g/mol. The van der Waals surface area contributed by atoms with Gasteiger partial charge in [0.05, 0.1) is 24.0 Å². The number of nitrogens with two attached hydrogens (primary N) is 1. The summed E-state index contributed by atoms with van der Waals surface area (Å²) in [6, 6.07) is 19.3. The lowest BCUT2D eigenvalue weighted by molar-refractivity contribution is -0.120. The van der Waals surface area contributed by atoms with Gasteiger partial charge in [-0.3, -0.25) is 19.3 Å². The van der Waals surface area contributed by atoms with Gasteiger partial charge in [0.1, 0.15) is 23.9 Å². The van der Waals surface area contributed by atoms with Crippen LogP contribution in [0.5, 0.6) is 5.75 Å². The van der Waals surface area contributed by atoms with Crippen molar-refractivity contribution in [2.75, 3.05) is 7.11 Å². The van der Waals surface area contributed by atoms with Gasteiger partial charge in [-0.05, 0) is 66.9 Å². The lowest BCUT2D eigenvalue weighted by atomic mass is 9.86. The van der Waals surface area contributed by atoms with Gasteiger partial charge in [-0.1, -0.05) is 18.2 Å². The van der Waals surface area contributed by atoms with Gasteiger partial charge in [0.2, 0.25) is 5.91 Å². The number of aromatic nitrogens is 3. The first-order valence-electron chi connectivity index (χ1n) is 13.0. The maximum Gasteiger partial charge on any atom is 0.248 e. The number of rotatable bonds is 10. The Labute approximate surface area is 235 Å². The van der Waals surface area contributed by atoms with Gasteiger partial charge in [-0.15, -0.1) is 0 Å². The second kappa shape index (κ2) is 11.7. The second-order valence-corrected chi connectivity index (χ2v) is 9.93. The van der Waals surface area contributed by atoms with E-state index in [2.05, 4.69) is 10.1 Å². The molecule has 208 valence electrons. The Kier molecular flexibility index (Phi) is 7.87. The number of ether oxygens (including phenoxy) is 1. The molecule has 0 bridgehead atoms.